The van der Waals surface area contributed by atoms with Crippen LogP contribution in [0.2, 0.25) is 0 Å². The lowest BCUT2D eigenvalue weighted by molar-refractivity contribution is 0.104. The highest BCUT2D eigenvalue weighted by Crippen LogP contribution is 2.16. The van der Waals surface area contributed by atoms with Crippen molar-refractivity contribution in [1.82, 2.24) is 4.90 Å². The summed E-state index contributed by atoms with van der Waals surface area (Å²) in [4.78, 5) is 16.5. The van der Waals surface area contributed by atoms with Crippen LogP contribution < -0.4 is 4.90 Å². The molecule has 24 heavy (non-hydrogen) atoms. The van der Waals surface area contributed by atoms with Crippen LogP contribution in [0.15, 0.2) is 54.6 Å². The molecule has 0 saturated heterocycles. The maximum Gasteiger partial charge on any atom is 0.185 e. The molecule has 0 heterocycles. The number of allylic oxidation sites excluding steroid dienone is 1. The standard InChI is InChI=1S/C20H24N2O2/c1-21(2)13-14-22(3)18-6-4-5-16(15-18)7-12-20(24)17-8-10-19(23)11-9-17/h4-12,15,23H,13-14H2,1-3H3. The Labute approximate surface area is 143 Å². The quantitative estimate of drug-likeness (QED) is 0.627. The molecule has 0 aliphatic heterocycles. The number of carbonyl (C=O) groups excluding carboxylic acids is 1. The van der Waals surface area contributed by atoms with Gasteiger partial charge in [0.15, 0.2) is 5.78 Å². The molecule has 0 amide bonds. The summed E-state index contributed by atoms with van der Waals surface area (Å²) in [5.41, 5.74) is 2.66. The molecular weight excluding hydrogens is 300 g/mol. The van der Waals surface area contributed by atoms with Gasteiger partial charge in [-0.05, 0) is 62.1 Å². The molecule has 1 N–H and O–H groups in total. The third kappa shape index (κ3) is 5.25. The molecule has 4 nitrogen and oxygen atoms in total. The van der Waals surface area contributed by atoms with Crippen LogP contribution in [0.4, 0.5) is 5.69 Å². The zero-order chi connectivity index (χ0) is 17.5. The van der Waals surface area contributed by atoms with E-state index in [0.717, 1.165) is 24.3 Å². The van der Waals surface area contributed by atoms with Crippen LogP contribution in [-0.4, -0.2) is 50.0 Å². The molecule has 0 aliphatic rings. The first-order valence-corrected chi connectivity index (χ1v) is 7.93. The first-order valence-electron chi connectivity index (χ1n) is 7.93. The Morgan fingerprint density at radius 3 is 2.42 bits per heavy atom. The van der Waals surface area contributed by atoms with Crippen molar-refractivity contribution in [2.75, 3.05) is 39.1 Å². The van der Waals surface area contributed by atoms with E-state index in [0.29, 0.717) is 5.56 Å². The van der Waals surface area contributed by atoms with Crippen molar-refractivity contribution >= 4 is 17.5 Å². The number of nitrogens with zero attached hydrogens (tertiary/aromatic N) is 2. The van der Waals surface area contributed by atoms with Crippen LogP contribution in [0.5, 0.6) is 5.75 Å². The minimum absolute atomic E-state index is 0.0821. The molecule has 2 aromatic carbocycles. The van der Waals surface area contributed by atoms with Crippen LogP contribution >= 0.6 is 0 Å². The summed E-state index contributed by atoms with van der Waals surface area (Å²) in [6, 6.07) is 14.4. The van der Waals surface area contributed by atoms with E-state index in [-0.39, 0.29) is 11.5 Å². The van der Waals surface area contributed by atoms with E-state index in [2.05, 4.69) is 43.1 Å². The van der Waals surface area contributed by atoms with Crippen molar-refractivity contribution in [3.8, 4) is 5.75 Å². The average Bonchev–Trinajstić information content (AvgIpc) is 2.58. The number of phenolic OH excluding ortho intramolecular Hbond substituents is 1. The summed E-state index contributed by atoms with van der Waals surface area (Å²) in [5, 5.41) is 9.27. The van der Waals surface area contributed by atoms with E-state index in [1.165, 1.54) is 12.1 Å². The molecule has 0 aliphatic carbocycles. The number of anilines is 1. The zero-order valence-corrected chi connectivity index (χ0v) is 14.4. The summed E-state index contributed by atoms with van der Waals surface area (Å²) in [7, 11) is 6.18. The van der Waals surface area contributed by atoms with Crippen molar-refractivity contribution in [3.05, 3.63) is 65.7 Å². The number of hydrogen-bond acceptors (Lipinski definition) is 4. The third-order valence-electron chi connectivity index (χ3n) is 3.77. The normalized spacial score (nSPS) is 11.2. The van der Waals surface area contributed by atoms with Gasteiger partial charge >= 0.3 is 0 Å². The average molecular weight is 324 g/mol. The predicted octanol–water partition coefficient (Wildman–Crippen LogP) is 3.29. The number of benzene rings is 2. The van der Waals surface area contributed by atoms with Crippen LogP contribution in [0.25, 0.3) is 6.08 Å². The lowest BCUT2D eigenvalue weighted by Crippen LogP contribution is -2.28. The van der Waals surface area contributed by atoms with Gasteiger partial charge < -0.3 is 14.9 Å². The Balaban J connectivity index is 2.05. The molecule has 0 atom stereocenters. The molecule has 0 radical (unpaired) electrons. The van der Waals surface area contributed by atoms with Crippen molar-refractivity contribution in [1.29, 1.82) is 0 Å². The van der Waals surface area contributed by atoms with Gasteiger partial charge in [0, 0.05) is 31.4 Å². The van der Waals surface area contributed by atoms with Gasteiger partial charge in [-0.2, -0.15) is 0 Å². The first kappa shape index (κ1) is 17.8. The smallest absolute Gasteiger partial charge is 0.185 e. The summed E-state index contributed by atoms with van der Waals surface area (Å²) >= 11 is 0. The van der Waals surface area contributed by atoms with Gasteiger partial charge in [-0.1, -0.05) is 18.2 Å². The maximum absolute atomic E-state index is 12.1. The van der Waals surface area contributed by atoms with Gasteiger partial charge in [0.2, 0.25) is 0 Å². The Bertz CT molecular complexity index is 706. The molecule has 0 unspecified atom stereocenters. The van der Waals surface area contributed by atoms with Crippen LogP contribution in [0.1, 0.15) is 15.9 Å². The van der Waals surface area contributed by atoms with Crippen LogP contribution in [0.3, 0.4) is 0 Å². The van der Waals surface area contributed by atoms with Crippen molar-refractivity contribution < 1.29 is 9.90 Å². The Morgan fingerprint density at radius 1 is 1.04 bits per heavy atom. The molecule has 2 rings (SSSR count). The molecule has 4 heteroatoms. The monoisotopic (exact) mass is 324 g/mol. The first-order chi connectivity index (χ1) is 11.5. The number of ketones is 1. The third-order valence-corrected chi connectivity index (χ3v) is 3.77. The summed E-state index contributed by atoms with van der Waals surface area (Å²) in [6.45, 7) is 1.92. The fourth-order valence-corrected chi connectivity index (χ4v) is 2.24. The second kappa shape index (κ2) is 8.31. The number of hydrogen-bond donors (Lipinski definition) is 1. The van der Waals surface area contributed by atoms with Gasteiger partial charge in [0.25, 0.3) is 0 Å². The summed E-state index contributed by atoms with van der Waals surface area (Å²) < 4.78 is 0. The second-order valence-electron chi connectivity index (χ2n) is 6.06. The highest BCUT2D eigenvalue weighted by molar-refractivity contribution is 6.06. The Kier molecular flexibility index (Phi) is 6.15. The Morgan fingerprint density at radius 2 is 1.75 bits per heavy atom. The van der Waals surface area contributed by atoms with E-state index in [4.69, 9.17) is 0 Å². The number of likely N-dealkylation sites (N-methyl/N-ethyl adjacent to an activating group) is 2. The lowest BCUT2D eigenvalue weighted by Gasteiger charge is -2.21. The van der Waals surface area contributed by atoms with Crippen LogP contribution in [0, 0.1) is 0 Å². The van der Waals surface area contributed by atoms with Gasteiger partial charge in [0.1, 0.15) is 5.75 Å². The summed E-state index contributed by atoms with van der Waals surface area (Å²) in [6.07, 6.45) is 3.38. The molecule has 126 valence electrons. The minimum atomic E-state index is -0.0821. The van der Waals surface area contributed by atoms with Crippen molar-refractivity contribution in [2.45, 2.75) is 0 Å². The van der Waals surface area contributed by atoms with E-state index in [1.54, 1.807) is 18.2 Å². The van der Waals surface area contributed by atoms with E-state index < -0.39 is 0 Å². The van der Waals surface area contributed by atoms with E-state index in [1.807, 2.05) is 18.2 Å². The fourth-order valence-electron chi connectivity index (χ4n) is 2.24. The molecule has 0 spiro atoms. The Hall–Kier alpha value is -2.59. The highest BCUT2D eigenvalue weighted by Gasteiger charge is 2.03. The van der Waals surface area contributed by atoms with Crippen molar-refractivity contribution in [2.24, 2.45) is 0 Å². The minimum Gasteiger partial charge on any atom is -0.508 e. The number of phenols is 1. The molecule has 0 aromatic heterocycles. The van der Waals surface area contributed by atoms with Crippen molar-refractivity contribution in [3.63, 3.8) is 0 Å². The number of rotatable bonds is 7. The van der Waals surface area contributed by atoms with E-state index in [9.17, 15) is 9.90 Å². The van der Waals surface area contributed by atoms with E-state index >= 15 is 0 Å². The molecule has 2 aromatic rings. The lowest BCUT2D eigenvalue weighted by atomic mass is 10.1. The topological polar surface area (TPSA) is 43.8 Å². The highest BCUT2D eigenvalue weighted by atomic mass is 16.3. The second-order valence-corrected chi connectivity index (χ2v) is 6.06. The zero-order valence-electron chi connectivity index (χ0n) is 14.4. The predicted molar refractivity (Wildman–Crippen MR) is 99.7 cm³/mol. The maximum atomic E-state index is 12.1. The summed E-state index contributed by atoms with van der Waals surface area (Å²) in [5.74, 6) is 0.0744. The van der Waals surface area contributed by atoms with Gasteiger partial charge in [0.05, 0.1) is 0 Å². The largest absolute Gasteiger partial charge is 0.508 e. The number of carbonyl (C=O) groups is 1. The molecule has 0 saturated carbocycles. The van der Waals surface area contributed by atoms with Crippen LogP contribution in [-0.2, 0) is 0 Å². The number of aromatic hydroxyl groups is 1. The SMILES string of the molecule is CN(C)CCN(C)c1cccc(C=CC(=O)c2ccc(O)cc2)c1. The van der Waals surface area contributed by atoms with Gasteiger partial charge in [-0.3, -0.25) is 4.79 Å². The fraction of sp³-hybridized carbons (Fsp3) is 0.250. The van der Waals surface area contributed by atoms with Gasteiger partial charge in [-0.15, -0.1) is 0 Å². The van der Waals surface area contributed by atoms with Gasteiger partial charge in [-0.25, -0.2) is 0 Å². The molecular formula is C20H24N2O2. The molecule has 0 bridgehead atoms. The molecule has 0 fully saturated rings.